The van der Waals surface area contributed by atoms with Crippen molar-refractivity contribution in [3.8, 4) is 6.07 Å². The summed E-state index contributed by atoms with van der Waals surface area (Å²) < 4.78 is 0. The van der Waals surface area contributed by atoms with E-state index in [1.807, 2.05) is 6.07 Å². The van der Waals surface area contributed by atoms with Gasteiger partial charge in [0, 0.05) is 36.8 Å². The van der Waals surface area contributed by atoms with Gasteiger partial charge in [0.05, 0.1) is 6.07 Å². The Morgan fingerprint density at radius 2 is 1.89 bits per heavy atom. The summed E-state index contributed by atoms with van der Waals surface area (Å²) >= 11 is 0. The van der Waals surface area contributed by atoms with Crippen molar-refractivity contribution in [2.24, 2.45) is 5.92 Å². The van der Waals surface area contributed by atoms with Gasteiger partial charge in [0.15, 0.2) is 0 Å². The minimum atomic E-state index is -0.701. The molecule has 6 nitrogen and oxygen atoms in total. The lowest BCUT2D eigenvalue weighted by Gasteiger charge is -2.28. The zero-order valence-electron chi connectivity index (χ0n) is 19.9. The molecule has 0 aliphatic heterocycles. The van der Waals surface area contributed by atoms with Gasteiger partial charge in [-0.15, -0.1) is 0 Å². The fourth-order valence-corrected chi connectivity index (χ4v) is 4.42. The Bertz CT molecular complexity index is 1270. The van der Waals surface area contributed by atoms with Crippen LogP contribution in [0.2, 0.25) is 0 Å². The summed E-state index contributed by atoms with van der Waals surface area (Å²) in [4.78, 5) is 24.3. The second-order valence-electron chi connectivity index (χ2n) is 8.85. The van der Waals surface area contributed by atoms with Gasteiger partial charge < -0.3 is 16.0 Å². The average molecular weight is 467 g/mol. The van der Waals surface area contributed by atoms with Gasteiger partial charge >= 0.3 is 11.8 Å². The van der Waals surface area contributed by atoms with Crippen LogP contribution < -0.4 is 16.0 Å². The van der Waals surface area contributed by atoms with E-state index in [2.05, 4.69) is 83.6 Å². The quantitative estimate of drug-likeness (QED) is 0.398. The summed E-state index contributed by atoms with van der Waals surface area (Å²) in [5.74, 6) is -1.29. The van der Waals surface area contributed by atoms with E-state index < -0.39 is 11.8 Å². The normalized spacial score (nSPS) is 17.4. The van der Waals surface area contributed by atoms with Crippen LogP contribution in [-0.4, -0.2) is 24.9 Å². The fourth-order valence-electron chi connectivity index (χ4n) is 4.42. The molecule has 1 unspecified atom stereocenters. The number of fused-ring (bicyclic) bond motifs is 1. The van der Waals surface area contributed by atoms with Crippen LogP contribution in [0.1, 0.15) is 37.8 Å². The van der Waals surface area contributed by atoms with Gasteiger partial charge in [0.1, 0.15) is 0 Å². The van der Waals surface area contributed by atoms with Gasteiger partial charge in [-0.1, -0.05) is 66.8 Å². The highest BCUT2D eigenvalue weighted by Crippen LogP contribution is 2.39. The van der Waals surface area contributed by atoms with Gasteiger partial charge in [0.2, 0.25) is 0 Å². The van der Waals surface area contributed by atoms with E-state index in [4.69, 9.17) is 5.26 Å². The summed E-state index contributed by atoms with van der Waals surface area (Å²) in [6.45, 7) is 2.70. The van der Waals surface area contributed by atoms with Crippen molar-refractivity contribution in [1.29, 1.82) is 5.26 Å². The van der Waals surface area contributed by atoms with E-state index in [0.29, 0.717) is 6.54 Å². The maximum Gasteiger partial charge on any atom is 0.309 e. The number of allylic oxidation sites excluding steroid dienone is 6. The number of benzene rings is 2. The molecule has 2 aliphatic carbocycles. The van der Waals surface area contributed by atoms with Gasteiger partial charge in [-0.05, 0) is 53.7 Å². The summed E-state index contributed by atoms with van der Waals surface area (Å²) in [7, 11) is 0. The van der Waals surface area contributed by atoms with Gasteiger partial charge in [-0.2, -0.15) is 5.26 Å². The smallest absolute Gasteiger partial charge is 0.309 e. The van der Waals surface area contributed by atoms with Crippen LogP contribution in [0.15, 0.2) is 89.7 Å². The number of nitrogens with one attached hydrogen (secondary N) is 3. The van der Waals surface area contributed by atoms with Crippen molar-refractivity contribution in [2.75, 3.05) is 13.1 Å². The number of hydrogen-bond donors (Lipinski definition) is 3. The Morgan fingerprint density at radius 1 is 1.11 bits per heavy atom. The van der Waals surface area contributed by atoms with Crippen molar-refractivity contribution in [3.63, 3.8) is 0 Å². The van der Waals surface area contributed by atoms with Gasteiger partial charge in [-0.3, -0.25) is 9.59 Å². The zero-order chi connectivity index (χ0) is 24.6. The largest absolute Gasteiger partial charge is 0.378 e. The lowest BCUT2D eigenvalue weighted by atomic mass is 9.88. The molecule has 2 aromatic carbocycles. The molecule has 3 N–H and O–H groups in total. The van der Waals surface area contributed by atoms with E-state index in [0.717, 1.165) is 19.3 Å². The van der Waals surface area contributed by atoms with E-state index in [9.17, 15) is 9.59 Å². The van der Waals surface area contributed by atoms with Crippen molar-refractivity contribution in [2.45, 2.75) is 32.2 Å². The van der Waals surface area contributed by atoms with Gasteiger partial charge in [0.25, 0.3) is 0 Å². The van der Waals surface area contributed by atoms with Crippen LogP contribution in [0.3, 0.4) is 0 Å². The molecule has 0 radical (unpaired) electrons. The molecule has 1 saturated carbocycles. The van der Waals surface area contributed by atoms with E-state index in [1.54, 1.807) is 0 Å². The molecule has 2 aromatic rings. The molecular weight excluding hydrogens is 436 g/mol. The summed E-state index contributed by atoms with van der Waals surface area (Å²) in [6, 6.07) is 16.8. The van der Waals surface area contributed by atoms with Crippen molar-refractivity contribution < 1.29 is 9.59 Å². The predicted molar refractivity (Wildman–Crippen MR) is 138 cm³/mol. The molecule has 2 aliphatic rings. The summed E-state index contributed by atoms with van der Waals surface area (Å²) in [5.41, 5.74) is 4.99. The third kappa shape index (κ3) is 6.07. The van der Waals surface area contributed by atoms with Crippen LogP contribution in [0.5, 0.6) is 0 Å². The monoisotopic (exact) mass is 466 g/mol. The van der Waals surface area contributed by atoms with Crippen LogP contribution >= 0.6 is 0 Å². The van der Waals surface area contributed by atoms with Gasteiger partial charge in [-0.25, -0.2) is 0 Å². The summed E-state index contributed by atoms with van der Waals surface area (Å²) in [6.07, 6.45) is 12.0. The van der Waals surface area contributed by atoms with Crippen molar-refractivity contribution in [3.05, 3.63) is 95.3 Å². The Balaban J connectivity index is 1.45. The molecule has 0 spiro atoms. The number of rotatable bonds is 8. The Morgan fingerprint density at radius 3 is 2.69 bits per heavy atom. The number of hydrogen-bond acceptors (Lipinski definition) is 4. The first kappa shape index (κ1) is 24.0. The standard InChI is InChI=1S/C29H30N4O2/c1-20(24-14-8-11-21-9-2-4-12-25(21)24)33-27(22-15-16-22)26-13-5-3-10-23(26)19-32-29(35)28(34)31-18-7-6-17-30/h2-9,11-14,20,23,33H,10,15-16,18-19H2,1H3,(H,31,34)(H,32,35)/b7-6+/t20-,23?/m1/s1. The SMILES string of the molecule is C[C@@H](NC(C1=CC=CCC1CNC(=O)C(=O)NC/C=C/C#N)=C1CC1)c1cccc2ccccc12. The van der Waals surface area contributed by atoms with Crippen LogP contribution in [0.25, 0.3) is 10.8 Å². The molecule has 0 bridgehead atoms. The number of nitrogens with zero attached hydrogens (tertiary/aromatic N) is 1. The molecule has 0 saturated heterocycles. The molecule has 35 heavy (non-hydrogen) atoms. The highest BCUT2D eigenvalue weighted by Gasteiger charge is 2.28. The minimum Gasteiger partial charge on any atom is -0.378 e. The molecule has 4 rings (SSSR count). The van der Waals surface area contributed by atoms with Crippen LogP contribution in [0.4, 0.5) is 0 Å². The zero-order valence-corrected chi connectivity index (χ0v) is 19.9. The first-order chi connectivity index (χ1) is 17.1. The molecule has 6 heteroatoms. The lowest BCUT2D eigenvalue weighted by molar-refractivity contribution is -0.139. The molecule has 0 heterocycles. The molecule has 0 aromatic heterocycles. The van der Waals surface area contributed by atoms with Crippen LogP contribution in [0, 0.1) is 17.2 Å². The fraction of sp³-hybridized carbons (Fsp3) is 0.276. The number of amides is 2. The Hall–Kier alpha value is -4.11. The third-order valence-electron chi connectivity index (χ3n) is 6.35. The average Bonchev–Trinajstić information content (AvgIpc) is 3.73. The summed E-state index contributed by atoms with van der Waals surface area (Å²) in [5, 5.41) is 20.0. The Kier molecular flexibility index (Phi) is 7.79. The first-order valence-electron chi connectivity index (χ1n) is 12.0. The highest BCUT2D eigenvalue weighted by molar-refractivity contribution is 6.35. The number of carbonyl (C=O) groups excluding carboxylic acids is 2. The molecule has 2 amide bonds. The van der Waals surface area contributed by atoms with E-state index >= 15 is 0 Å². The second kappa shape index (κ2) is 11.3. The minimum absolute atomic E-state index is 0.0746. The lowest BCUT2D eigenvalue weighted by Crippen LogP contribution is -2.42. The number of carbonyl (C=O) groups is 2. The molecule has 1 fully saturated rings. The predicted octanol–water partition coefficient (Wildman–Crippen LogP) is 4.35. The maximum atomic E-state index is 12.3. The molecular formula is C29H30N4O2. The molecule has 178 valence electrons. The first-order valence-corrected chi connectivity index (χ1v) is 12.0. The topological polar surface area (TPSA) is 94.0 Å². The molecule has 2 atom stereocenters. The highest BCUT2D eigenvalue weighted by atomic mass is 16.2. The number of nitriles is 1. The second-order valence-corrected chi connectivity index (χ2v) is 8.85. The van der Waals surface area contributed by atoms with Crippen molar-refractivity contribution >= 4 is 22.6 Å². The Labute approximate surface area is 206 Å². The maximum absolute atomic E-state index is 12.3. The van der Waals surface area contributed by atoms with E-state index in [-0.39, 0.29) is 18.5 Å². The third-order valence-corrected chi connectivity index (χ3v) is 6.35. The van der Waals surface area contributed by atoms with E-state index in [1.165, 1.54) is 45.3 Å². The van der Waals surface area contributed by atoms with Crippen LogP contribution in [-0.2, 0) is 9.59 Å². The van der Waals surface area contributed by atoms with Crippen molar-refractivity contribution in [1.82, 2.24) is 16.0 Å².